The maximum Gasteiger partial charge on any atom is 0.114 e. The molecule has 1 aliphatic heterocycles. The molecule has 5 nitrogen and oxygen atoms in total. The molecular weight excluding hydrogens is 332 g/mol. The average Bonchev–Trinajstić information content (AvgIpc) is 3.02. The van der Waals surface area contributed by atoms with Crippen molar-refractivity contribution in [3.05, 3.63) is 12.2 Å². The molecule has 1 saturated heterocycles. The van der Waals surface area contributed by atoms with E-state index in [1.165, 1.54) is 57.8 Å². The second kappa shape index (κ2) is 15.6. The van der Waals surface area contributed by atoms with Crippen LogP contribution < -0.4 is 0 Å². The zero-order chi connectivity index (χ0) is 19.0. The highest BCUT2D eigenvalue weighted by Gasteiger charge is 2.40. The topological polar surface area (TPSA) is 79.2 Å². The van der Waals surface area contributed by atoms with Crippen molar-refractivity contribution in [3.8, 4) is 0 Å². The summed E-state index contributed by atoms with van der Waals surface area (Å²) in [7, 11) is 0. The summed E-state index contributed by atoms with van der Waals surface area (Å²) in [6, 6.07) is 0. The van der Waals surface area contributed by atoms with E-state index in [1.54, 1.807) is 0 Å². The second-order valence-corrected chi connectivity index (χ2v) is 7.33. The lowest BCUT2D eigenvalue weighted by molar-refractivity contribution is -0.0938. The number of rotatable bonds is 16. The van der Waals surface area contributed by atoms with E-state index in [0.717, 1.165) is 12.8 Å². The van der Waals surface area contributed by atoms with Gasteiger partial charge in [-0.1, -0.05) is 57.6 Å². The van der Waals surface area contributed by atoms with Crippen LogP contribution in [-0.4, -0.2) is 59.6 Å². The monoisotopic (exact) mass is 372 g/mol. The van der Waals surface area contributed by atoms with Crippen molar-refractivity contribution in [3.63, 3.8) is 0 Å². The second-order valence-electron chi connectivity index (χ2n) is 7.33. The molecule has 0 amide bonds. The van der Waals surface area contributed by atoms with Gasteiger partial charge < -0.3 is 24.8 Å². The van der Waals surface area contributed by atoms with E-state index in [1.807, 2.05) is 0 Å². The summed E-state index contributed by atoms with van der Waals surface area (Å²) in [4.78, 5) is 0. The first-order valence-electron chi connectivity index (χ1n) is 10.6. The van der Waals surface area contributed by atoms with Crippen LogP contribution in [0.2, 0.25) is 0 Å². The highest BCUT2D eigenvalue weighted by atomic mass is 16.6. The SMILES string of the molecule is CCCCCC/C=C/CCCCCCCO[C@H]1[C@@H]([C@@H](O)CO)OC[C@H]1O. The number of hydrogen-bond acceptors (Lipinski definition) is 5. The van der Waals surface area contributed by atoms with E-state index in [4.69, 9.17) is 14.6 Å². The number of aliphatic hydroxyl groups excluding tert-OH is 3. The molecule has 0 radical (unpaired) electrons. The van der Waals surface area contributed by atoms with Crippen molar-refractivity contribution in [2.75, 3.05) is 19.8 Å². The van der Waals surface area contributed by atoms with Gasteiger partial charge in [-0.15, -0.1) is 0 Å². The summed E-state index contributed by atoms with van der Waals surface area (Å²) in [6.45, 7) is 2.56. The fourth-order valence-electron chi connectivity index (χ4n) is 3.30. The molecule has 0 aromatic heterocycles. The standard InChI is InChI=1S/C21H40O5/c1-2-3-4-5-6-7-8-9-10-11-12-13-14-15-25-21-19(24)17-26-20(21)18(23)16-22/h7-8,18-24H,2-6,9-17H2,1H3/b8-7+/t18-,19+,20+,21+/m0/s1. The van der Waals surface area contributed by atoms with Crippen LogP contribution in [0.4, 0.5) is 0 Å². The minimum absolute atomic E-state index is 0.151. The molecule has 1 fully saturated rings. The fourth-order valence-corrected chi connectivity index (χ4v) is 3.30. The van der Waals surface area contributed by atoms with Gasteiger partial charge in [0.05, 0.1) is 13.2 Å². The predicted molar refractivity (Wildman–Crippen MR) is 104 cm³/mol. The van der Waals surface area contributed by atoms with Crippen LogP contribution >= 0.6 is 0 Å². The van der Waals surface area contributed by atoms with Crippen molar-refractivity contribution in [1.29, 1.82) is 0 Å². The first-order chi connectivity index (χ1) is 12.7. The largest absolute Gasteiger partial charge is 0.394 e. The summed E-state index contributed by atoms with van der Waals surface area (Å²) in [5.41, 5.74) is 0. The molecular formula is C21H40O5. The van der Waals surface area contributed by atoms with Gasteiger partial charge in [0.15, 0.2) is 0 Å². The molecule has 0 aromatic carbocycles. The van der Waals surface area contributed by atoms with Crippen LogP contribution in [0.15, 0.2) is 12.2 Å². The first-order valence-corrected chi connectivity index (χ1v) is 10.6. The Morgan fingerprint density at radius 1 is 1.00 bits per heavy atom. The Hall–Kier alpha value is -0.460. The highest BCUT2D eigenvalue weighted by Crippen LogP contribution is 2.21. The molecule has 0 aromatic rings. The molecule has 154 valence electrons. The summed E-state index contributed by atoms with van der Waals surface area (Å²) in [6.07, 6.45) is 15.2. The van der Waals surface area contributed by atoms with Crippen molar-refractivity contribution in [1.82, 2.24) is 0 Å². The number of ether oxygens (including phenoxy) is 2. The van der Waals surface area contributed by atoms with E-state index in [9.17, 15) is 10.2 Å². The molecule has 0 unspecified atom stereocenters. The van der Waals surface area contributed by atoms with E-state index in [2.05, 4.69) is 19.1 Å². The van der Waals surface area contributed by atoms with Gasteiger partial charge in [0.25, 0.3) is 0 Å². The third-order valence-corrected chi connectivity index (χ3v) is 4.95. The molecule has 0 spiro atoms. The number of hydrogen-bond donors (Lipinski definition) is 3. The third kappa shape index (κ3) is 10.0. The predicted octanol–water partition coefficient (Wildman–Crippen LogP) is 3.35. The van der Waals surface area contributed by atoms with Gasteiger partial charge in [-0.3, -0.25) is 0 Å². The van der Waals surface area contributed by atoms with Crippen LogP contribution in [0.1, 0.15) is 77.6 Å². The first kappa shape index (κ1) is 23.6. The number of aliphatic hydroxyl groups is 3. The minimum Gasteiger partial charge on any atom is -0.394 e. The van der Waals surface area contributed by atoms with Crippen molar-refractivity contribution < 1.29 is 24.8 Å². The van der Waals surface area contributed by atoms with Gasteiger partial charge in [0.2, 0.25) is 0 Å². The van der Waals surface area contributed by atoms with E-state index < -0.39 is 24.4 Å². The average molecular weight is 373 g/mol. The van der Waals surface area contributed by atoms with Crippen LogP contribution in [0.5, 0.6) is 0 Å². The van der Waals surface area contributed by atoms with Gasteiger partial charge >= 0.3 is 0 Å². The summed E-state index contributed by atoms with van der Waals surface area (Å²) >= 11 is 0. The van der Waals surface area contributed by atoms with Crippen LogP contribution in [0.25, 0.3) is 0 Å². The Bertz CT molecular complexity index is 347. The number of allylic oxidation sites excluding steroid dienone is 2. The van der Waals surface area contributed by atoms with Crippen LogP contribution in [0.3, 0.4) is 0 Å². The Balaban J connectivity index is 1.93. The minimum atomic E-state index is -1.00. The lowest BCUT2D eigenvalue weighted by Gasteiger charge is -2.23. The quantitative estimate of drug-likeness (QED) is 0.286. The summed E-state index contributed by atoms with van der Waals surface area (Å²) < 4.78 is 11.0. The zero-order valence-corrected chi connectivity index (χ0v) is 16.5. The Labute approximate surface area is 159 Å². The van der Waals surface area contributed by atoms with Gasteiger partial charge in [-0.2, -0.15) is 0 Å². The Morgan fingerprint density at radius 2 is 1.62 bits per heavy atom. The van der Waals surface area contributed by atoms with E-state index in [0.29, 0.717) is 6.61 Å². The molecule has 4 atom stereocenters. The molecule has 3 N–H and O–H groups in total. The third-order valence-electron chi connectivity index (χ3n) is 4.95. The molecule has 26 heavy (non-hydrogen) atoms. The van der Waals surface area contributed by atoms with Gasteiger partial charge in [-0.25, -0.2) is 0 Å². The zero-order valence-electron chi connectivity index (χ0n) is 16.5. The van der Waals surface area contributed by atoms with Gasteiger partial charge in [0.1, 0.15) is 24.4 Å². The van der Waals surface area contributed by atoms with Crippen LogP contribution in [-0.2, 0) is 9.47 Å². The molecule has 1 heterocycles. The molecule has 0 saturated carbocycles. The molecule has 1 aliphatic rings. The van der Waals surface area contributed by atoms with Crippen molar-refractivity contribution in [2.45, 2.75) is 102 Å². The Morgan fingerprint density at radius 3 is 2.27 bits per heavy atom. The molecule has 0 bridgehead atoms. The molecule has 0 aliphatic carbocycles. The maximum atomic E-state index is 9.86. The Kier molecular flexibility index (Phi) is 14.1. The smallest absolute Gasteiger partial charge is 0.114 e. The lowest BCUT2D eigenvalue weighted by Crippen LogP contribution is -2.42. The van der Waals surface area contributed by atoms with Crippen LogP contribution in [0, 0.1) is 0 Å². The summed E-state index contributed by atoms with van der Waals surface area (Å²) in [5, 5.41) is 28.6. The lowest BCUT2D eigenvalue weighted by atomic mass is 10.1. The van der Waals surface area contributed by atoms with Crippen molar-refractivity contribution >= 4 is 0 Å². The molecule has 5 heteroatoms. The van der Waals surface area contributed by atoms with Gasteiger partial charge in [-0.05, 0) is 32.1 Å². The summed E-state index contributed by atoms with van der Waals surface area (Å²) in [5.74, 6) is 0. The number of unbranched alkanes of at least 4 members (excludes halogenated alkanes) is 9. The van der Waals surface area contributed by atoms with Gasteiger partial charge in [0, 0.05) is 6.61 Å². The van der Waals surface area contributed by atoms with Crippen molar-refractivity contribution in [2.24, 2.45) is 0 Å². The van der Waals surface area contributed by atoms with E-state index in [-0.39, 0.29) is 13.2 Å². The molecule has 1 rings (SSSR count). The highest BCUT2D eigenvalue weighted by molar-refractivity contribution is 4.89. The normalized spacial score (nSPS) is 24.5. The van der Waals surface area contributed by atoms with E-state index >= 15 is 0 Å². The maximum absolute atomic E-state index is 9.86. The fraction of sp³-hybridized carbons (Fsp3) is 0.905.